The summed E-state index contributed by atoms with van der Waals surface area (Å²) in [4.78, 5) is 57.7. The van der Waals surface area contributed by atoms with Gasteiger partial charge in [-0.1, -0.05) is 50.6 Å². The van der Waals surface area contributed by atoms with Crippen LogP contribution in [0.5, 0.6) is 0 Å². The fourth-order valence-electron chi connectivity index (χ4n) is 3.84. The van der Waals surface area contributed by atoms with Gasteiger partial charge in [-0.25, -0.2) is 9.78 Å². The van der Waals surface area contributed by atoms with Gasteiger partial charge >= 0.3 is 5.97 Å². The minimum absolute atomic E-state index is 0.0141. The summed E-state index contributed by atoms with van der Waals surface area (Å²) in [7, 11) is 0. The summed E-state index contributed by atoms with van der Waals surface area (Å²) in [5, 5.41) is 17.6. The fourth-order valence-corrected chi connectivity index (χ4v) is 3.84. The number of nitrogens with two attached hydrogens (primary N) is 2. The number of rotatable bonds is 16. The molecule has 0 aliphatic rings. The van der Waals surface area contributed by atoms with Gasteiger partial charge in [0.25, 0.3) is 0 Å². The van der Waals surface area contributed by atoms with E-state index in [2.05, 4.69) is 25.9 Å². The molecule has 0 aliphatic heterocycles. The lowest BCUT2D eigenvalue weighted by molar-refractivity contribution is -0.142. The van der Waals surface area contributed by atoms with Crippen molar-refractivity contribution in [3.63, 3.8) is 0 Å². The number of nitrogens with one attached hydrogen (secondary N) is 4. The van der Waals surface area contributed by atoms with E-state index in [1.165, 1.54) is 12.5 Å². The van der Waals surface area contributed by atoms with Crippen LogP contribution in [0.1, 0.15) is 44.4 Å². The molecule has 0 radical (unpaired) electrons. The van der Waals surface area contributed by atoms with Crippen molar-refractivity contribution in [1.29, 1.82) is 0 Å². The Kier molecular flexibility index (Phi) is 12.4. The average Bonchev–Trinajstić information content (AvgIpc) is 3.39. The number of benzene rings is 1. The molecule has 0 aliphatic carbocycles. The van der Waals surface area contributed by atoms with Gasteiger partial charge in [0.05, 0.1) is 12.4 Å². The molecule has 1 aromatic carbocycles. The quantitative estimate of drug-likeness (QED) is 0.145. The Morgan fingerprint density at radius 3 is 2.21 bits per heavy atom. The number of carbonyl (C=O) groups is 4. The Balaban J connectivity index is 2.17. The second kappa shape index (κ2) is 15.5. The molecule has 1 aromatic heterocycles. The molecular formula is C26H39N7O5. The van der Waals surface area contributed by atoms with Crippen molar-refractivity contribution >= 4 is 23.7 Å². The summed E-state index contributed by atoms with van der Waals surface area (Å²) in [5.41, 5.74) is 12.8. The Morgan fingerprint density at radius 2 is 1.63 bits per heavy atom. The van der Waals surface area contributed by atoms with Crippen LogP contribution in [0.3, 0.4) is 0 Å². The molecule has 1 heterocycles. The highest BCUT2D eigenvalue weighted by atomic mass is 16.4. The van der Waals surface area contributed by atoms with E-state index in [1.807, 2.05) is 6.07 Å². The van der Waals surface area contributed by atoms with Gasteiger partial charge in [0.1, 0.15) is 18.1 Å². The smallest absolute Gasteiger partial charge is 0.326 e. The lowest BCUT2D eigenvalue weighted by Gasteiger charge is -2.27. The molecule has 0 saturated carbocycles. The van der Waals surface area contributed by atoms with Crippen LogP contribution in [0.2, 0.25) is 0 Å². The number of aliphatic carboxylic acids is 1. The van der Waals surface area contributed by atoms with Crippen LogP contribution < -0.4 is 27.4 Å². The van der Waals surface area contributed by atoms with Crippen LogP contribution in [0.25, 0.3) is 0 Å². The molecule has 0 spiro atoms. The molecule has 3 amide bonds. The molecule has 9 N–H and O–H groups in total. The number of hydrogen-bond donors (Lipinski definition) is 7. The SMILES string of the molecule is CC(C)C(NC(=O)C(N)CCCCN)C(=O)NC(Cc1ccccc1)C(=O)NC(Cc1cnc[nH]1)C(=O)O. The number of hydrogen-bond acceptors (Lipinski definition) is 7. The Hall–Kier alpha value is -3.77. The van der Waals surface area contributed by atoms with E-state index in [9.17, 15) is 24.3 Å². The number of imidazole rings is 1. The van der Waals surface area contributed by atoms with Crippen molar-refractivity contribution in [2.75, 3.05) is 6.54 Å². The number of carbonyl (C=O) groups excluding carboxylic acids is 3. The van der Waals surface area contributed by atoms with Crippen LogP contribution in [0.4, 0.5) is 0 Å². The second-order valence-electron chi connectivity index (χ2n) is 9.55. The number of carboxylic acids is 1. The lowest BCUT2D eigenvalue weighted by Crippen LogP contribution is -2.59. The van der Waals surface area contributed by atoms with Crippen molar-refractivity contribution < 1.29 is 24.3 Å². The van der Waals surface area contributed by atoms with Gasteiger partial charge in [-0.3, -0.25) is 14.4 Å². The molecule has 2 rings (SSSR count). The zero-order valence-corrected chi connectivity index (χ0v) is 21.9. The molecule has 0 saturated heterocycles. The van der Waals surface area contributed by atoms with Gasteiger partial charge in [0.15, 0.2) is 0 Å². The summed E-state index contributed by atoms with van der Waals surface area (Å²) in [5.74, 6) is -3.23. The van der Waals surface area contributed by atoms with Crippen molar-refractivity contribution in [3.05, 3.63) is 54.1 Å². The number of nitrogens with zero attached hydrogens (tertiary/aromatic N) is 1. The van der Waals surface area contributed by atoms with E-state index < -0.39 is 47.9 Å². The molecule has 0 bridgehead atoms. The maximum atomic E-state index is 13.3. The summed E-state index contributed by atoms with van der Waals surface area (Å²) in [6.45, 7) is 4.03. The Bertz CT molecular complexity index is 1030. The zero-order chi connectivity index (χ0) is 28.1. The summed E-state index contributed by atoms with van der Waals surface area (Å²) < 4.78 is 0. The fraction of sp³-hybridized carbons (Fsp3) is 0.500. The van der Waals surface area contributed by atoms with Gasteiger partial charge in [-0.2, -0.15) is 0 Å². The van der Waals surface area contributed by atoms with Crippen LogP contribution in [-0.2, 0) is 32.0 Å². The highest BCUT2D eigenvalue weighted by Gasteiger charge is 2.32. The van der Waals surface area contributed by atoms with Crippen molar-refractivity contribution in [2.24, 2.45) is 17.4 Å². The minimum atomic E-state index is -1.25. The minimum Gasteiger partial charge on any atom is -0.480 e. The summed E-state index contributed by atoms with van der Waals surface area (Å²) in [6, 6.07) is 4.94. The normalized spacial score (nSPS) is 14.2. The maximum absolute atomic E-state index is 13.3. The Labute approximate surface area is 222 Å². The maximum Gasteiger partial charge on any atom is 0.326 e. The highest BCUT2D eigenvalue weighted by Crippen LogP contribution is 2.09. The molecule has 0 fully saturated rings. The number of carboxylic acid groups (broad SMARTS) is 1. The molecule has 12 nitrogen and oxygen atoms in total. The van der Waals surface area contributed by atoms with Gasteiger partial charge in [0.2, 0.25) is 17.7 Å². The molecule has 4 unspecified atom stereocenters. The molecule has 38 heavy (non-hydrogen) atoms. The topological polar surface area (TPSA) is 205 Å². The van der Waals surface area contributed by atoms with Crippen LogP contribution in [0, 0.1) is 5.92 Å². The predicted molar refractivity (Wildman–Crippen MR) is 142 cm³/mol. The van der Waals surface area contributed by atoms with E-state index in [0.717, 1.165) is 12.0 Å². The molecule has 208 valence electrons. The van der Waals surface area contributed by atoms with Gasteiger partial charge < -0.3 is 37.5 Å². The summed E-state index contributed by atoms with van der Waals surface area (Å²) >= 11 is 0. The first-order valence-corrected chi connectivity index (χ1v) is 12.7. The summed E-state index contributed by atoms with van der Waals surface area (Å²) in [6.07, 6.45) is 4.85. The molecule has 12 heteroatoms. The molecule has 2 aromatic rings. The van der Waals surface area contributed by atoms with Crippen LogP contribution in [0.15, 0.2) is 42.9 Å². The third-order valence-electron chi connectivity index (χ3n) is 6.06. The van der Waals surface area contributed by atoms with Gasteiger partial charge in [0, 0.05) is 24.7 Å². The van der Waals surface area contributed by atoms with Gasteiger partial charge in [-0.15, -0.1) is 0 Å². The largest absolute Gasteiger partial charge is 0.480 e. The van der Waals surface area contributed by atoms with Crippen molar-refractivity contribution in [1.82, 2.24) is 25.9 Å². The number of aromatic nitrogens is 2. The second-order valence-corrected chi connectivity index (χ2v) is 9.55. The van der Waals surface area contributed by atoms with E-state index in [1.54, 1.807) is 38.1 Å². The third-order valence-corrected chi connectivity index (χ3v) is 6.06. The first-order chi connectivity index (χ1) is 18.1. The van der Waals surface area contributed by atoms with E-state index >= 15 is 0 Å². The first-order valence-electron chi connectivity index (χ1n) is 12.7. The Morgan fingerprint density at radius 1 is 0.947 bits per heavy atom. The zero-order valence-electron chi connectivity index (χ0n) is 21.9. The van der Waals surface area contributed by atoms with E-state index in [-0.39, 0.29) is 18.8 Å². The predicted octanol–water partition coefficient (Wildman–Crippen LogP) is -0.154. The third kappa shape index (κ3) is 9.94. The number of unbranched alkanes of at least 4 members (excludes halogenated alkanes) is 1. The standard InChI is InChI=1S/C26H39N7O5/c1-16(2)22(33-23(34)19(28)10-6-7-11-27)25(36)31-20(12-17-8-4-3-5-9-17)24(35)32-21(26(37)38)13-18-14-29-15-30-18/h3-5,8-9,14-16,19-22H,6-7,10-13,27-28H2,1-2H3,(H,29,30)(H,31,36)(H,32,35)(H,33,34)(H,37,38). The van der Waals surface area contributed by atoms with Gasteiger partial charge in [-0.05, 0) is 30.9 Å². The van der Waals surface area contributed by atoms with E-state index in [0.29, 0.717) is 25.1 Å². The number of H-pyrrole nitrogens is 1. The highest BCUT2D eigenvalue weighted by molar-refractivity contribution is 5.94. The lowest BCUT2D eigenvalue weighted by atomic mass is 10.00. The average molecular weight is 530 g/mol. The van der Waals surface area contributed by atoms with Crippen molar-refractivity contribution in [2.45, 2.75) is 70.1 Å². The monoisotopic (exact) mass is 529 g/mol. The van der Waals surface area contributed by atoms with Crippen LogP contribution >= 0.6 is 0 Å². The van der Waals surface area contributed by atoms with Crippen LogP contribution in [-0.4, -0.2) is 69.5 Å². The molecular weight excluding hydrogens is 490 g/mol. The number of aromatic amines is 1. The molecule has 4 atom stereocenters. The first kappa shape index (κ1) is 30.5. The van der Waals surface area contributed by atoms with E-state index in [4.69, 9.17) is 11.5 Å². The number of amides is 3. The van der Waals surface area contributed by atoms with Crippen molar-refractivity contribution in [3.8, 4) is 0 Å².